The first-order valence-corrected chi connectivity index (χ1v) is 5.95. The lowest BCUT2D eigenvalue weighted by Gasteiger charge is -2.08. The van der Waals surface area contributed by atoms with E-state index >= 15 is 0 Å². The van der Waals surface area contributed by atoms with E-state index in [1.165, 1.54) is 0 Å². The zero-order chi connectivity index (χ0) is 12.5. The van der Waals surface area contributed by atoms with Crippen molar-refractivity contribution in [2.75, 3.05) is 0 Å². The summed E-state index contributed by atoms with van der Waals surface area (Å²) >= 11 is 5.99. The molecule has 0 aliphatic heterocycles. The zero-order valence-electron chi connectivity index (χ0n) is 9.47. The SMILES string of the molecule is Oc1ccc(Cl)cc1-c1cccc2cnccc12. The highest BCUT2D eigenvalue weighted by molar-refractivity contribution is 6.31. The molecule has 0 amide bonds. The predicted molar refractivity (Wildman–Crippen MR) is 73.9 cm³/mol. The third-order valence-corrected chi connectivity index (χ3v) is 3.16. The molecule has 0 bridgehead atoms. The van der Waals surface area contributed by atoms with Crippen molar-refractivity contribution >= 4 is 22.4 Å². The van der Waals surface area contributed by atoms with Gasteiger partial charge in [-0.25, -0.2) is 0 Å². The van der Waals surface area contributed by atoms with Crippen molar-refractivity contribution in [3.8, 4) is 16.9 Å². The third-order valence-electron chi connectivity index (χ3n) is 2.93. The lowest BCUT2D eigenvalue weighted by Crippen LogP contribution is -1.83. The summed E-state index contributed by atoms with van der Waals surface area (Å²) in [6, 6.07) is 12.9. The summed E-state index contributed by atoms with van der Waals surface area (Å²) in [5.41, 5.74) is 1.69. The van der Waals surface area contributed by atoms with Crippen molar-refractivity contribution in [2.45, 2.75) is 0 Å². The highest BCUT2D eigenvalue weighted by Crippen LogP contribution is 2.35. The Morgan fingerprint density at radius 3 is 2.78 bits per heavy atom. The van der Waals surface area contributed by atoms with Gasteiger partial charge >= 0.3 is 0 Å². The first-order valence-electron chi connectivity index (χ1n) is 5.57. The molecule has 1 N–H and O–H groups in total. The number of pyridine rings is 1. The molecule has 0 spiro atoms. The van der Waals surface area contributed by atoms with Crippen molar-refractivity contribution in [2.24, 2.45) is 0 Å². The van der Waals surface area contributed by atoms with Crippen LogP contribution in [0.3, 0.4) is 0 Å². The lowest BCUT2D eigenvalue weighted by atomic mass is 9.99. The average molecular weight is 256 g/mol. The Kier molecular flexibility index (Phi) is 2.65. The van der Waals surface area contributed by atoms with Crippen LogP contribution >= 0.6 is 11.6 Å². The number of hydrogen-bond donors (Lipinski definition) is 1. The molecule has 0 aliphatic carbocycles. The topological polar surface area (TPSA) is 33.1 Å². The van der Waals surface area contributed by atoms with E-state index < -0.39 is 0 Å². The molecule has 1 heterocycles. The summed E-state index contributed by atoms with van der Waals surface area (Å²) in [7, 11) is 0. The Labute approximate surface area is 109 Å². The predicted octanol–water partition coefficient (Wildman–Crippen LogP) is 4.26. The number of rotatable bonds is 1. The number of fused-ring (bicyclic) bond motifs is 1. The Balaban J connectivity index is 2.35. The van der Waals surface area contributed by atoms with Crippen LogP contribution in [0.4, 0.5) is 0 Å². The number of phenolic OH excluding ortho intramolecular Hbond substituents is 1. The first-order chi connectivity index (χ1) is 8.75. The van der Waals surface area contributed by atoms with Gasteiger partial charge in [0.2, 0.25) is 0 Å². The summed E-state index contributed by atoms with van der Waals surface area (Å²) in [5, 5.41) is 12.7. The zero-order valence-corrected chi connectivity index (χ0v) is 10.2. The Hall–Kier alpha value is -2.06. The molecule has 18 heavy (non-hydrogen) atoms. The van der Waals surface area contributed by atoms with Crippen LogP contribution in [0.1, 0.15) is 0 Å². The molecular weight excluding hydrogens is 246 g/mol. The van der Waals surface area contributed by atoms with Crippen LogP contribution < -0.4 is 0 Å². The van der Waals surface area contributed by atoms with Crippen LogP contribution in [0, 0.1) is 0 Å². The molecule has 3 rings (SSSR count). The number of phenols is 1. The van der Waals surface area contributed by atoms with Crippen LogP contribution in [0.5, 0.6) is 5.75 Å². The number of benzene rings is 2. The lowest BCUT2D eigenvalue weighted by molar-refractivity contribution is 0.477. The second-order valence-electron chi connectivity index (χ2n) is 4.06. The molecule has 0 saturated heterocycles. The van der Waals surface area contributed by atoms with E-state index in [-0.39, 0.29) is 5.75 Å². The molecule has 1 aromatic heterocycles. The number of hydrogen-bond acceptors (Lipinski definition) is 2. The highest BCUT2D eigenvalue weighted by atomic mass is 35.5. The monoisotopic (exact) mass is 255 g/mol. The Morgan fingerprint density at radius 2 is 1.89 bits per heavy atom. The fourth-order valence-electron chi connectivity index (χ4n) is 2.08. The fraction of sp³-hybridized carbons (Fsp3) is 0. The quantitative estimate of drug-likeness (QED) is 0.705. The van der Waals surface area contributed by atoms with Gasteiger partial charge in [0.05, 0.1) is 0 Å². The van der Waals surface area contributed by atoms with Gasteiger partial charge in [-0.3, -0.25) is 4.98 Å². The normalized spacial score (nSPS) is 10.7. The molecule has 0 atom stereocenters. The number of halogens is 1. The second-order valence-corrected chi connectivity index (χ2v) is 4.50. The van der Waals surface area contributed by atoms with Gasteiger partial charge < -0.3 is 5.11 Å². The maximum atomic E-state index is 9.97. The van der Waals surface area contributed by atoms with Crippen molar-refractivity contribution in [1.82, 2.24) is 4.98 Å². The van der Waals surface area contributed by atoms with E-state index in [0.717, 1.165) is 21.9 Å². The van der Waals surface area contributed by atoms with E-state index in [1.807, 2.05) is 24.3 Å². The smallest absolute Gasteiger partial charge is 0.123 e. The van der Waals surface area contributed by atoms with Crippen LogP contribution in [-0.2, 0) is 0 Å². The third kappa shape index (κ3) is 1.81. The van der Waals surface area contributed by atoms with Crippen LogP contribution in [0.25, 0.3) is 21.9 Å². The number of aromatic nitrogens is 1. The molecule has 0 unspecified atom stereocenters. The number of aromatic hydroxyl groups is 1. The van der Waals surface area contributed by atoms with Gasteiger partial charge in [-0.05, 0) is 35.2 Å². The van der Waals surface area contributed by atoms with E-state index in [2.05, 4.69) is 4.98 Å². The van der Waals surface area contributed by atoms with E-state index in [9.17, 15) is 5.11 Å². The van der Waals surface area contributed by atoms with E-state index in [0.29, 0.717) is 5.02 Å². The van der Waals surface area contributed by atoms with Crippen LogP contribution in [0.15, 0.2) is 54.9 Å². The molecule has 0 radical (unpaired) electrons. The van der Waals surface area contributed by atoms with Crippen LogP contribution in [0.2, 0.25) is 5.02 Å². The van der Waals surface area contributed by atoms with Gasteiger partial charge in [0, 0.05) is 28.4 Å². The van der Waals surface area contributed by atoms with Crippen molar-refractivity contribution in [3.05, 3.63) is 59.9 Å². The average Bonchev–Trinajstić information content (AvgIpc) is 2.41. The van der Waals surface area contributed by atoms with Gasteiger partial charge in [0.1, 0.15) is 5.75 Å². The molecule has 88 valence electrons. The summed E-state index contributed by atoms with van der Waals surface area (Å²) in [4.78, 5) is 4.10. The van der Waals surface area contributed by atoms with Crippen molar-refractivity contribution in [3.63, 3.8) is 0 Å². The summed E-state index contributed by atoms with van der Waals surface area (Å²) < 4.78 is 0. The van der Waals surface area contributed by atoms with E-state index in [1.54, 1.807) is 30.6 Å². The largest absolute Gasteiger partial charge is 0.507 e. The molecule has 2 aromatic carbocycles. The summed E-state index contributed by atoms with van der Waals surface area (Å²) in [6.45, 7) is 0. The minimum absolute atomic E-state index is 0.226. The molecular formula is C15H10ClNO. The van der Waals surface area contributed by atoms with E-state index in [4.69, 9.17) is 11.6 Å². The highest BCUT2D eigenvalue weighted by Gasteiger charge is 2.08. The maximum absolute atomic E-state index is 9.97. The van der Waals surface area contributed by atoms with Gasteiger partial charge in [-0.2, -0.15) is 0 Å². The van der Waals surface area contributed by atoms with Gasteiger partial charge in [-0.15, -0.1) is 0 Å². The molecule has 2 nitrogen and oxygen atoms in total. The fourth-order valence-corrected chi connectivity index (χ4v) is 2.25. The minimum Gasteiger partial charge on any atom is -0.507 e. The Morgan fingerprint density at radius 1 is 1.00 bits per heavy atom. The molecule has 0 aliphatic rings. The molecule has 3 aromatic rings. The molecule has 0 saturated carbocycles. The van der Waals surface area contributed by atoms with Gasteiger partial charge in [0.15, 0.2) is 0 Å². The van der Waals surface area contributed by atoms with Crippen LogP contribution in [-0.4, -0.2) is 10.1 Å². The second kappa shape index (κ2) is 4.31. The van der Waals surface area contributed by atoms with Gasteiger partial charge in [-0.1, -0.05) is 29.8 Å². The van der Waals surface area contributed by atoms with Gasteiger partial charge in [0.25, 0.3) is 0 Å². The minimum atomic E-state index is 0.226. The summed E-state index contributed by atoms with van der Waals surface area (Å²) in [6.07, 6.45) is 3.55. The number of nitrogens with zero attached hydrogens (tertiary/aromatic N) is 1. The Bertz CT molecular complexity index is 719. The summed E-state index contributed by atoms with van der Waals surface area (Å²) in [5.74, 6) is 0.226. The maximum Gasteiger partial charge on any atom is 0.123 e. The standard InChI is InChI=1S/C15H10ClNO/c16-11-4-5-15(18)14(8-11)13-3-1-2-10-9-17-7-6-12(10)13/h1-9,18H. The first kappa shape index (κ1) is 11.1. The van der Waals surface area contributed by atoms with Crippen molar-refractivity contribution in [1.29, 1.82) is 0 Å². The van der Waals surface area contributed by atoms with Crippen molar-refractivity contribution < 1.29 is 5.11 Å². The molecule has 3 heteroatoms. The molecule has 0 fully saturated rings.